The average molecular weight is 655 g/mol. The van der Waals surface area contributed by atoms with Gasteiger partial charge in [-0.15, -0.1) is 0 Å². The van der Waals surface area contributed by atoms with Crippen molar-refractivity contribution >= 4 is 20.2 Å². The number of hydrogen-bond donors (Lipinski definition) is 2. The molecule has 0 unspecified atom stereocenters. The van der Waals surface area contributed by atoms with Crippen molar-refractivity contribution in [2.24, 2.45) is 0 Å². The molecule has 0 radical (unpaired) electrons. The molecule has 0 fully saturated rings. The predicted molar refractivity (Wildman–Crippen MR) is 95.6 cm³/mol. The van der Waals surface area contributed by atoms with Crippen LogP contribution in [-0.4, -0.2) is 58.9 Å². The van der Waals surface area contributed by atoms with Crippen LogP contribution in [0.4, 0.5) is 35.1 Å². The Kier molecular flexibility index (Phi) is 12.6. The number of hydrogen-bond acceptors (Lipinski definition) is 10. The Morgan fingerprint density at radius 3 is 1.45 bits per heavy atom. The van der Waals surface area contributed by atoms with Crippen LogP contribution in [0.1, 0.15) is 0 Å². The van der Waals surface area contributed by atoms with Crippen LogP contribution in [0.25, 0.3) is 11.1 Å². The zero-order valence-electron chi connectivity index (χ0n) is 18.5. The van der Waals surface area contributed by atoms with E-state index in [1.807, 2.05) is 0 Å². The number of phenols is 2. The van der Waals surface area contributed by atoms with E-state index in [1.54, 1.807) is 0 Å². The monoisotopic (exact) mass is 654 g/mol. The number of aromatic hydroxyl groups is 2. The summed E-state index contributed by atoms with van der Waals surface area (Å²) < 4.78 is 179. The first kappa shape index (κ1) is 38.2. The molecule has 2 aromatic carbocycles. The molecule has 2 N–H and O–H groups in total. The van der Waals surface area contributed by atoms with Gasteiger partial charge in [0.15, 0.2) is 20.2 Å². The van der Waals surface area contributed by atoms with Crippen LogP contribution in [0.3, 0.4) is 0 Å². The first-order valence-corrected chi connectivity index (χ1v) is 11.2. The van der Waals surface area contributed by atoms with Crippen molar-refractivity contribution in [3.05, 3.63) is 36.4 Å². The molecule has 0 atom stereocenters. The third-order valence-electron chi connectivity index (χ3n) is 3.96. The van der Waals surface area contributed by atoms with Gasteiger partial charge < -0.3 is 28.8 Å². The molecule has 22 heteroatoms. The molecule has 0 saturated carbocycles. The summed E-state index contributed by atoms with van der Waals surface area (Å²) >= 11 is 0. The fourth-order valence-corrected chi connectivity index (χ4v) is 3.00. The second kappa shape index (κ2) is 12.6. The molecule has 2 aromatic rings. The van der Waals surface area contributed by atoms with E-state index < -0.39 is 77.1 Å². The van der Waals surface area contributed by atoms with Crippen molar-refractivity contribution in [1.82, 2.24) is 0 Å². The van der Waals surface area contributed by atoms with Crippen LogP contribution in [0.2, 0.25) is 0 Å². The molecule has 0 aliphatic heterocycles. The number of phenolic OH excluding ortho intramolecular Hbond substituents is 2. The molecule has 0 aliphatic rings. The van der Waals surface area contributed by atoms with Crippen LogP contribution >= 0.6 is 0 Å². The van der Waals surface area contributed by atoms with Crippen molar-refractivity contribution in [3.63, 3.8) is 0 Å². The van der Waals surface area contributed by atoms with E-state index in [2.05, 4.69) is 9.47 Å². The maximum atomic E-state index is 14.0. The second-order valence-corrected chi connectivity index (χ2v) is 9.42. The number of benzene rings is 2. The van der Waals surface area contributed by atoms with Crippen molar-refractivity contribution < 1.29 is 184 Å². The van der Waals surface area contributed by atoms with Gasteiger partial charge in [-0.2, -0.15) is 35.1 Å². The smallest absolute Gasteiger partial charge is 0.743 e. The summed E-state index contributed by atoms with van der Waals surface area (Å²) in [4.78, 5) is 0. The van der Waals surface area contributed by atoms with Gasteiger partial charge in [-0.3, -0.25) is 0 Å². The van der Waals surface area contributed by atoms with Crippen LogP contribution < -0.4 is 112 Å². The number of rotatable bonds is 9. The zero-order chi connectivity index (χ0) is 28.1. The minimum Gasteiger partial charge on any atom is -0.743 e. The Hall–Kier alpha value is 0.173. The van der Waals surface area contributed by atoms with Crippen molar-refractivity contribution in [2.75, 3.05) is 0 Å². The predicted octanol–water partition coefficient (Wildman–Crippen LogP) is -3.01. The van der Waals surface area contributed by atoms with Gasteiger partial charge in [0.2, 0.25) is 0 Å². The summed E-state index contributed by atoms with van der Waals surface area (Å²) in [5, 5.41) is 6.07. The van der Waals surface area contributed by atoms with Gasteiger partial charge in [0.25, 0.3) is 0 Å². The summed E-state index contributed by atoms with van der Waals surface area (Å²) in [5.41, 5.74) is -1.56. The summed E-state index contributed by atoms with van der Waals surface area (Å²) in [5.74, 6) is -5.13. The van der Waals surface area contributed by atoms with E-state index in [-0.39, 0.29) is 115 Å². The number of halogens is 8. The SMILES string of the molecule is O=S(=O)([O-])C(F)(F)C(F)(F)Oc1ccc(-c2cc(O)cc(O)c2)c(OC(F)(F)C(F)(F)S(=O)(=O)[O-])c1.[K+].[K+]. The Bertz CT molecular complexity index is 1370. The zero-order valence-corrected chi connectivity index (χ0v) is 26.3. The maximum Gasteiger partial charge on any atom is 1.00 e. The molecule has 0 amide bonds. The normalized spacial score (nSPS) is 13.2. The minimum atomic E-state index is -7.14. The molecule has 0 aliphatic carbocycles. The van der Waals surface area contributed by atoms with E-state index in [4.69, 9.17) is 0 Å². The van der Waals surface area contributed by atoms with E-state index in [0.29, 0.717) is 24.3 Å². The van der Waals surface area contributed by atoms with Gasteiger partial charge >= 0.3 is 125 Å². The Balaban J connectivity index is 0.00000684. The van der Waals surface area contributed by atoms with Crippen LogP contribution in [-0.2, 0) is 20.2 Å². The second-order valence-electron chi connectivity index (χ2n) is 6.58. The van der Waals surface area contributed by atoms with E-state index in [0.717, 1.165) is 0 Å². The first-order valence-electron chi connectivity index (χ1n) is 8.40. The van der Waals surface area contributed by atoms with Gasteiger partial charge in [-0.1, -0.05) is 0 Å². The molecule has 38 heavy (non-hydrogen) atoms. The third kappa shape index (κ3) is 7.92. The third-order valence-corrected chi connectivity index (χ3v) is 5.69. The standard InChI is InChI=1S/C16H10F8O10S2.2K/c17-13(18,15(21,22)35(27,28)29)33-10-1-2-11(7-3-8(25)5-9(26)4-7)12(6-10)34-14(19,20)16(23,24)36(30,31)32;;/h1-6,25-26H,(H,27,28,29)(H,30,31,32);;/q;2*+1/p-2. The number of alkyl halides is 8. The van der Waals surface area contributed by atoms with Gasteiger partial charge in [0.1, 0.15) is 23.0 Å². The quantitative estimate of drug-likeness (QED) is 0.161. The minimum absolute atomic E-state index is 0. The Labute approximate surface area is 292 Å². The Morgan fingerprint density at radius 2 is 1.05 bits per heavy atom. The number of ether oxygens (including phenoxy) is 2. The molecule has 0 spiro atoms. The maximum absolute atomic E-state index is 14.0. The van der Waals surface area contributed by atoms with E-state index >= 15 is 0 Å². The average Bonchev–Trinajstić information content (AvgIpc) is 2.64. The fourth-order valence-electron chi connectivity index (χ4n) is 2.34. The fraction of sp³-hybridized carbons (Fsp3) is 0.250. The summed E-state index contributed by atoms with van der Waals surface area (Å²) in [7, 11) is -14.2. The molecule has 2 rings (SSSR count). The van der Waals surface area contributed by atoms with Crippen LogP contribution in [0, 0.1) is 0 Å². The van der Waals surface area contributed by atoms with E-state index in [9.17, 15) is 71.3 Å². The molecule has 0 saturated heterocycles. The van der Waals surface area contributed by atoms with Gasteiger partial charge in [-0.05, 0) is 29.8 Å². The van der Waals surface area contributed by atoms with Crippen LogP contribution in [0.15, 0.2) is 36.4 Å². The summed E-state index contributed by atoms with van der Waals surface area (Å²) in [6.45, 7) is 0. The largest absolute Gasteiger partial charge is 1.00 e. The molecule has 10 nitrogen and oxygen atoms in total. The molecule has 0 bridgehead atoms. The summed E-state index contributed by atoms with van der Waals surface area (Å²) in [6, 6.07) is 2.20. The Morgan fingerprint density at radius 1 is 0.658 bits per heavy atom. The topological polar surface area (TPSA) is 173 Å². The molecular formula is C16H8F8K2O10S2. The van der Waals surface area contributed by atoms with Crippen molar-refractivity contribution in [2.45, 2.75) is 22.7 Å². The molecule has 0 aromatic heterocycles. The molecule has 202 valence electrons. The van der Waals surface area contributed by atoms with Crippen molar-refractivity contribution in [3.8, 4) is 34.1 Å². The van der Waals surface area contributed by atoms with Gasteiger partial charge in [0.05, 0.1) is 0 Å². The molecular weight excluding hydrogens is 646 g/mol. The molecule has 0 heterocycles. The first-order chi connectivity index (χ1) is 15.9. The van der Waals surface area contributed by atoms with Gasteiger partial charge in [-0.25, -0.2) is 16.8 Å². The summed E-state index contributed by atoms with van der Waals surface area (Å²) in [6.07, 6.45) is -12.4. The van der Waals surface area contributed by atoms with Gasteiger partial charge in [0, 0.05) is 17.7 Å². The van der Waals surface area contributed by atoms with Crippen LogP contribution in [0.5, 0.6) is 23.0 Å². The van der Waals surface area contributed by atoms with E-state index in [1.165, 1.54) is 0 Å². The van der Waals surface area contributed by atoms with Crippen molar-refractivity contribution in [1.29, 1.82) is 0 Å².